The van der Waals surface area contributed by atoms with E-state index in [9.17, 15) is 4.39 Å². The summed E-state index contributed by atoms with van der Waals surface area (Å²) in [7, 11) is 0. The molecular formula is C14H11ClFNS. The normalized spacial score (nSPS) is 17.6. The van der Waals surface area contributed by atoms with Crippen LogP contribution in [0.5, 0.6) is 0 Å². The number of hydrogen-bond acceptors (Lipinski definition) is 2. The quantitative estimate of drug-likeness (QED) is 0.852. The molecule has 1 N–H and O–H groups in total. The minimum absolute atomic E-state index is 0.138. The number of halogens is 2. The number of anilines is 1. The van der Waals surface area contributed by atoms with Gasteiger partial charge in [0.1, 0.15) is 0 Å². The molecule has 0 saturated carbocycles. The summed E-state index contributed by atoms with van der Waals surface area (Å²) in [5.41, 5.74) is 1.69. The van der Waals surface area contributed by atoms with Crippen molar-refractivity contribution in [1.82, 2.24) is 0 Å². The zero-order valence-corrected chi connectivity index (χ0v) is 11.1. The molecule has 1 heterocycles. The zero-order chi connectivity index (χ0) is 12.5. The van der Waals surface area contributed by atoms with Gasteiger partial charge in [-0.2, -0.15) is 0 Å². The second-order valence-corrected chi connectivity index (χ2v) is 5.62. The number of thioether (sulfide) groups is 1. The first-order valence-corrected chi connectivity index (χ1v) is 7.04. The molecule has 1 nitrogen and oxygen atoms in total. The van der Waals surface area contributed by atoms with Gasteiger partial charge in [-0.25, -0.2) is 4.39 Å². The van der Waals surface area contributed by atoms with E-state index in [0.717, 1.165) is 5.75 Å². The van der Waals surface area contributed by atoms with Gasteiger partial charge in [0.2, 0.25) is 0 Å². The molecule has 0 spiro atoms. The van der Waals surface area contributed by atoms with Crippen LogP contribution in [0.1, 0.15) is 11.6 Å². The lowest BCUT2D eigenvalue weighted by Crippen LogP contribution is -2.10. The second kappa shape index (κ2) is 4.82. The third-order valence-corrected chi connectivity index (χ3v) is 4.46. The predicted octanol–water partition coefficient (Wildman–Crippen LogP) is 4.74. The smallest absolute Gasteiger partial charge is 0.164 e. The lowest BCUT2D eigenvalue weighted by molar-refractivity contribution is 0.628. The van der Waals surface area contributed by atoms with E-state index in [-0.39, 0.29) is 16.9 Å². The van der Waals surface area contributed by atoms with Gasteiger partial charge in [-0.3, -0.25) is 0 Å². The highest BCUT2D eigenvalue weighted by Gasteiger charge is 2.23. The van der Waals surface area contributed by atoms with E-state index >= 15 is 0 Å². The van der Waals surface area contributed by atoms with Gasteiger partial charge < -0.3 is 5.32 Å². The minimum atomic E-state index is -0.381. The Hall–Kier alpha value is -1.19. The van der Waals surface area contributed by atoms with Gasteiger partial charge in [0.15, 0.2) is 5.82 Å². The molecule has 3 rings (SSSR count). The molecule has 1 aliphatic rings. The largest absolute Gasteiger partial charge is 0.375 e. The number of hydrogen-bond donors (Lipinski definition) is 1. The molecule has 1 atom stereocenters. The van der Waals surface area contributed by atoms with Crippen LogP contribution in [0, 0.1) is 5.82 Å². The molecular weight excluding hydrogens is 269 g/mol. The van der Waals surface area contributed by atoms with Crippen molar-refractivity contribution in [2.24, 2.45) is 0 Å². The van der Waals surface area contributed by atoms with Crippen molar-refractivity contribution in [3.8, 4) is 0 Å². The number of nitrogens with one attached hydrogen (secondary N) is 1. The van der Waals surface area contributed by atoms with Crippen LogP contribution in [-0.2, 0) is 0 Å². The molecule has 0 aromatic heterocycles. The van der Waals surface area contributed by atoms with Crippen molar-refractivity contribution in [2.75, 3.05) is 11.1 Å². The van der Waals surface area contributed by atoms with Crippen molar-refractivity contribution in [3.63, 3.8) is 0 Å². The van der Waals surface area contributed by atoms with Gasteiger partial charge in [-0.05, 0) is 23.8 Å². The Balaban J connectivity index is 1.89. The van der Waals surface area contributed by atoms with E-state index in [1.165, 1.54) is 10.5 Å². The maximum absolute atomic E-state index is 13.8. The summed E-state index contributed by atoms with van der Waals surface area (Å²) in [5, 5.41) is 3.38. The zero-order valence-electron chi connectivity index (χ0n) is 9.49. The van der Waals surface area contributed by atoms with Crippen LogP contribution in [0.2, 0.25) is 5.02 Å². The van der Waals surface area contributed by atoms with Crippen molar-refractivity contribution in [3.05, 3.63) is 58.9 Å². The molecule has 2 aromatic carbocycles. The fourth-order valence-corrected chi connectivity index (χ4v) is 3.42. The molecule has 0 aliphatic carbocycles. The molecule has 4 heteroatoms. The van der Waals surface area contributed by atoms with E-state index in [1.807, 2.05) is 12.1 Å². The standard InChI is InChI=1S/C14H11ClFNS/c15-10-5-3-6-11(14(10)16)17-12-8-18-13-7-2-1-4-9(12)13/h1-7,12,17H,8H2. The van der Waals surface area contributed by atoms with E-state index < -0.39 is 0 Å². The number of fused-ring (bicyclic) bond motifs is 1. The van der Waals surface area contributed by atoms with E-state index in [1.54, 1.807) is 30.0 Å². The van der Waals surface area contributed by atoms with Gasteiger partial charge in [0.25, 0.3) is 0 Å². The number of benzene rings is 2. The molecule has 18 heavy (non-hydrogen) atoms. The van der Waals surface area contributed by atoms with Crippen LogP contribution in [0.3, 0.4) is 0 Å². The van der Waals surface area contributed by atoms with Gasteiger partial charge in [0.05, 0.1) is 16.8 Å². The van der Waals surface area contributed by atoms with Crippen molar-refractivity contribution >= 4 is 29.1 Å². The third-order valence-electron chi connectivity index (χ3n) is 2.98. The second-order valence-electron chi connectivity index (χ2n) is 4.15. The molecule has 0 saturated heterocycles. The molecule has 1 unspecified atom stereocenters. The maximum atomic E-state index is 13.8. The predicted molar refractivity (Wildman–Crippen MR) is 74.9 cm³/mol. The Bertz CT molecular complexity index is 588. The molecule has 0 bridgehead atoms. The van der Waals surface area contributed by atoms with E-state index in [0.29, 0.717) is 5.69 Å². The summed E-state index contributed by atoms with van der Waals surface area (Å²) in [4.78, 5) is 1.26. The lowest BCUT2D eigenvalue weighted by Gasteiger charge is -2.15. The lowest BCUT2D eigenvalue weighted by atomic mass is 10.1. The van der Waals surface area contributed by atoms with Crippen LogP contribution in [0.4, 0.5) is 10.1 Å². The first-order valence-electron chi connectivity index (χ1n) is 5.68. The van der Waals surface area contributed by atoms with Gasteiger partial charge >= 0.3 is 0 Å². The van der Waals surface area contributed by atoms with Crippen molar-refractivity contribution in [2.45, 2.75) is 10.9 Å². The van der Waals surface area contributed by atoms with Crippen molar-refractivity contribution in [1.29, 1.82) is 0 Å². The average Bonchev–Trinajstić information content (AvgIpc) is 2.79. The van der Waals surface area contributed by atoms with Crippen LogP contribution in [0.25, 0.3) is 0 Å². The summed E-state index contributed by atoms with van der Waals surface area (Å²) in [5.74, 6) is 0.527. The van der Waals surface area contributed by atoms with Crippen LogP contribution in [0.15, 0.2) is 47.4 Å². The molecule has 1 aliphatic heterocycles. The summed E-state index contributed by atoms with van der Waals surface area (Å²) in [6.07, 6.45) is 0. The fraction of sp³-hybridized carbons (Fsp3) is 0.143. The van der Waals surface area contributed by atoms with Gasteiger partial charge in [-0.1, -0.05) is 35.9 Å². The van der Waals surface area contributed by atoms with E-state index in [4.69, 9.17) is 11.6 Å². The highest BCUT2D eigenvalue weighted by atomic mass is 35.5. The highest BCUT2D eigenvalue weighted by Crippen LogP contribution is 2.40. The van der Waals surface area contributed by atoms with Crippen LogP contribution >= 0.6 is 23.4 Å². The Morgan fingerprint density at radius 2 is 2.00 bits per heavy atom. The highest BCUT2D eigenvalue weighted by molar-refractivity contribution is 7.99. The topological polar surface area (TPSA) is 12.0 Å². The maximum Gasteiger partial charge on any atom is 0.164 e. The summed E-state index contributed by atoms with van der Waals surface area (Å²) >= 11 is 7.57. The first-order chi connectivity index (χ1) is 8.75. The minimum Gasteiger partial charge on any atom is -0.375 e. The third kappa shape index (κ3) is 2.08. The summed E-state index contributed by atoms with van der Waals surface area (Å²) in [6.45, 7) is 0. The average molecular weight is 280 g/mol. The number of rotatable bonds is 2. The SMILES string of the molecule is Fc1c(Cl)cccc1NC1CSc2ccccc21. The molecule has 0 amide bonds. The first kappa shape index (κ1) is 11.9. The monoisotopic (exact) mass is 279 g/mol. The Labute approximate surface area is 114 Å². The Morgan fingerprint density at radius 3 is 2.89 bits per heavy atom. The summed E-state index contributed by atoms with van der Waals surface area (Å²) < 4.78 is 13.8. The molecule has 0 radical (unpaired) electrons. The Kier molecular flexibility index (Phi) is 3.18. The van der Waals surface area contributed by atoms with E-state index in [2.05, 4.69) is 17.4 Å². The fourth-order valence-electron chi connectivity index (χ4n) is 2.09. The van der Waals surface area contributed by atoms with Gasteiger partial charge in [-0.15, -0.1) is 11.8 Å². The molecule has 92 valence electrons. The Morgan fingerprint density at radius 1 is 1.17 bits per heavy atom. The van der Waals surface area contributed by atoms with Crippen LogP contribution < -0.4 is 5.32 Å². The molecule has 2 aromatic rings. The van der Waals surface area contributed by atoms with Gasteiger partial charge in [0, 0.05) is 10.6 Å². The molecule has 0 fully saturated rings. The van der Waals surface area contributed by atoms with Crippen molar-refractivity contribution < 1.29 is 4.39 Å². The van der Waals surface area contributed by atoms with Crippen LogP contribution in [-0.4, -0.2) is 5.75 Å². The summed E-state index contributed by atoms with van der Waals surface area (Å²) in [6, 6.07) is 13.4.